The molecule has 2 aromatic carbocycles. The first-order valence-corrected chi connectivity index (χ1v) is 7.23. The van der Waals surface area contributed by atoms with E-state index < -0.39 is 28.5 Å². The van der Waals surface area contributed by atoms with Gasteiger partial charge in [0.15, 0.2) is 0 Å². The molecule has 0 unspecified atom stereocenters. The number of fused-ring (bicyclic) bond motifs is 1. The second-order valence-electron chi connectivity index (χ2n) is 5.19. The maximum Gasteiger partial charge on any atom is 0.417 e. The highest BCUT2D eigenvalue weighted by molar-refractivity contribution is 6.31. The Hall–Kier alpha value is -2.74. The molecular formula is C16H9ClF4N2O2. The van der Waals surface area contributed by atoms with Crippen molar-refractivity contribution < 1.29 is 27.5 Å². The molecule has 0 amide bonds. The molecule has 0 aliphatic carbocycles. The summed E-state index contributed by atoms with van der Waals surface area (Å²) in [5, 5.41) is 11.6. The standard InChI is InChI=1S/C16H9ClF4N2O2/c17-10-5-7(1-2-9(10)16(19,20)21)22-12-4-3-11(18)14-8(12)6-13(23-14)15(24)25/h1-6,22-23H,(H,24,25). The Morgan fingerprint density at radius 3 is 2.48 bits per heavy atom. The normalized spacial score (nSPS) is 11.7. The van der Waals surface area contributed by atoms with Gasteiger partial charge in [-0.2, -0.15) is 13.2 Å². The van der Waals surface area contributed by atoms with Gasteiger partial charge in [-0.15, -0.1) is 0 Å². The lowest BCUT2D eigenvalue weighted by atomic mass is 10.1. The summed E-state index contributed by atoms with van der Waals surface area (Å²) in [6, 6.07) is 6.78. The summed E-state index contributed by atoms with van der Waals surface area (Å²) in [7, 11) is 0. The molecule has 1 aromatic heterocycles. The number of benzene rings is 2. The Kier molecular flexibility index (Phi) is 4.08. The molecule has 0 saturated carbocycles. The van der Waals surface area contributed by atoms with E-state index in [2.05, 4.69) is 10.3 Å². The number of anilines is 2. The zero-order valence-corrected chi connectivity index (χ0v) is 13.0. The highest BCUT2D eigenvalue weighted by atomic mass is 35.5. The molecule has 9 heteroatoms. The van der Waals surface area contributed by atoms with Crippen molar-refractivity contribution in [2.24, 2.45) is 0 Å². The van der Waals surface area contributed by atoms with E-state index in [1.54, 1.807) is 0 Å². The molecule has 0 fully saturated rings. The van der Waals surface area contributed by atoms with Gasteiger partial charge >= 0.3 is 12.1 Å². The minimum Gasteiger partial charge on any atom is -0.477 e. The van der Waals surface area contributed by atoms with Gasteiger partial charge in [0.05, 0.1) is 16.1 Å². The molecule has 0 radical (unpaired) electrons. The maximum absolute atomic E-state index is 13.8. The lowest BCUT2D eigenvalue weighted by molar-refractivity contribution is -0.137. The van der Waals surface area contributed by atoms with Gasteiger partial charge in [-0.1, -0.05) is 11.6 Å². The Morgan fingerprint density at radius 2 is 1.88 bits per heavy atom. The summed E-state index contributed by atoms with van der Waals surface area (Å²) >= 11 is 5.67. The summed E-state index contributed by atoms with van der Waals surface area (Å²) in [5.74, 6) is -1.92. The molecule has 3 aromatic rings. The van der Waals surface area contributed by atoms with Crippen LogP contribution in [0.2, 0.25) is 5.02 Å². The minimum atomic E-state index is -4.57. The molecule has 0 aliphatic rings. The first kappa shape index (κ1) is 17.1. The number of carboxylic acids is 1. The van der Waals surface area contributed by atoms with Crippen LogP contribution in [0.25, 0.3) is 10.9 Å². The Bertz CT molecular complexity index is 982. The van der Waals surface area contributed by atoms with Gasteiger partial charge in [0.25, 0.3) is 0 Å². The Balaban J connectivity index is 2.02. The number of aromatic nitrogens is 1. The third kappa shape index (κ3) is 3.25. The molecule has 0 bridgehead atoms. The van der Waals surface area contributed by atoms with E-state index >= 15 is 0 Å². The number of H-pyrrole nitrogens is 1. The predicted molar refractivity (Wildman–Crippen MR) is 85.0 cm³/mol. The summed E-state index contributed by atoms with van der Waals surface area (Å²) in [6.07, 6.45) is -4.57. The van der Waals surface area contributed by atoms with E-state index in [0.29, 0.717) is 5.69 Å². The minimum absolute atomic E-state index is 0.0274. The Labute approximate surface area is 143 Å². The lowest BCUT2D eigenvalue weighted by Crippen LogP contribution is -2.06. The summed E-state index contributed by atoms with van der Waals surface area (Å²) in [4.78, 5) is 13.5. The van der Waals surface area contributed by atoms with E-state index in [0.717, 1.165) is 18.2 Å². The highest BCUT2D eigenvalue weighted by Crippen LogP contribution is 2.37. The van der Waals surface area contributed by atoms with Crippen molar-refractivity contribution in [2.45, 2.75) is 6.18 Å². The number of nitrogens with one attached hydrogen (secondary N) is 2. The SMILES string of the molecule is O=C(O)c1cc2c(Nc3ccc(C(F)(F)F)c(Cl)c3)ccc(F)c2[nH]1. The molecule has 4 nitrogen and oxygen atoms in total. The molecule has 3 rings (SSSR count). The molecule has 25 heavy (non-hydrogen) atoms. The van der Waals surface area contributed by atoms with Crippen LogP contribution >= 0.6 is 11.6 Å². The molecule has 130 valence electrons. The zero-order valence-electron chi connectivity index (χ0n) is 12.2. The van der Waals surface area contributed by atoms with Crippen LogP contribution in [0.1, 0.15) is 16.1 Å². The fraction of sp³-hybridized carbons (Fsp3) is 0.0625. The van der Waals surface area contributed by atoms with Crippen molar-refractivity contribution in [3.63, 3.8) is 0 Å². The van der Waals surface area contributed by atoms with Crippen molar-refractivity contribution in [1.82, 2.24) is 4.98 Å². The van der Waals surface area contributed by atoms with Crippen molar-refractivity contribution in [2.75, 3.05) is 5.32 Å². The van der Waals surface area contributed by atoms with Crippen LogP contribution in [0.5, 0.6) is 0 Å². The average molecular weight is 373 g/mol. The number of hydrogen-bond acceptors (Lipinski definition) is 2. The van der Waals surface area contributed by atoms with Gasteiger partial charge in [0, 0.05) is 16.8 Å². The quantitative estimate of drug-likeness (QED) is 0.538. The van der Waals surface area contributed by atoms with Crippen LogP contribution in [-0.2, 0) is 6.18 Å². The smallest absolute Gasteiger partial charge is 0.417 e. The molecule has 0 saturated heterocycles. The van der Waals surface area contributed by atoms with Crippen LogP contribution in [-0.4, -0.2) is 16.1 Å². The van der Waals surface area contributed by atoms with Crippen molar-refractivity contribution in [3.8, 4) is 0 Å². The third-order valence-corrected chi connectivity index (χ3v) is 3.84. The summed E-state index contributed by atoms with van der Waals surface area (Å²) in [5.41, 5.74) is -0.659. The number of carbonyl (C=O) groups is 1. The second kappa shape index (κ2) is 5.96. The fourth-order valence-corrected chi connectivity index (χ4v) is 2.68. The molecule has 3 N–H and O–H groups in total. The first-order chi connectivity index (χ1) is 11.7. The number of aromatic carboxylic acids is 1. The predicted octanol–water partition coefficient (Wildman–Crippen LogP) is 5.42. The molecule has 0 spiro atoms. The van der Waals surface area contributed by atoms with Crippen molar-refractivity contribution >= 4 is 39.8 Å². The Morgan fingerprint density at radius 1 is 1.16 bits per heavy atom. The van der Waals surface area contributed by atoms with Crippen molar-refractivity contribution in [3.05, 3.63) is 58.5 Å². The van der Waals surface area contributed by atoms with Crippen LogP contribution < -0.4 is 5.32 Å². The second-order valence-corrected chi connectivity index (χ2v) is 5.60. The van der Waals surface area contributed by atoms with Crippen molar-refractivity contribution in [1.29, 1.82) is 0 Å². The van der Waals surface area contributed by atoms with Crippen LogP contribution in [0.15, 0.2) is 36.4 Å². The van der Waals surface area contributed by atoms with E-state index in [9.17, 15) is 22.4 Å². The monoisotopic (exact) mass is 372 g/mol. The fourth-order valence-electron chi connectivity index (χ4n) is 2.39. The van der Waals surface area contributed by atoms with Gasteiger partial charge in [-0.3, -0.25) is 0 Å². The van der Waals surface area contributed by atoms with Gasteiger partial charge in [0.2, 0.25) is 0 Å². The lowest BCUT2D eigenvalue weighted by Gasteiger charge is -2.12. The average Bonchev–Trinajstić information content (AvgIpc) is 2.95. The summed E-state index contributed by atoms with van der Waals surface area (Å²) in [6.45, 7) is 0. The van der Waals surface area contributed by atoms with Gasteiger partial charge in [0.1, 0.15) is 11.5 Å². The zero-order chi connectivity index (χ0) is 18.4. The summed E-state index contributed by atoms with van der Waals surface area (Å²) < 4.78 is 52.0. The molecule has 0 aliphatic heterocycles. The van der Waals surface area contributed by atoms with E-state index in [-0.39, 0.29) is 22.3 Å². The van der Waals surface area contributed by atoms with Crippen LogP contribution in [0.4, 0.5) is 28.9 Å². The van der Waals surface area contributed by atoms with E-state index in [4.69, 9.17) is 16.7 Å². The third-order valence-electron chi connectivity index (χ3n) is 3.53. The van der Waals surface area contributed by atoms with Crippen LogP contribution in [0.3, 0.4) is 0 Å². The maximum atomic E-state index is 13.8. The number of hydrogen-bond donors (Lipinski definition) is 3. The number of halogens is 5. The van der Waals surface area contributed by atoms with Gasteiger partial charge in [-0.05, 0) is 36.4 Å². The molecule has 1 heterocycles. The molecule has 0 atom stereocenters. The number of carboxylic acid groups (broad SMARTS) is 1. The largest absolute Gasteiger partial charge is 0.477 e. The number of alkyl halides is 3. The van der Waals surface area contributed by atoms with Crippen LogP contribution in [0, 0.1) is 5.82 Å². The number of aromatic amines is 1. The van der Waals surface area contributed by atoms with E-state index in [1.165, 1.54) is 18.2 Å². The van der Waals surface area contributed by atoms with Gasteiger partial charge < -0.3 is 15.4 Å². The molecular weight excluding hydrogens is 364 g/mol. The highest BCUT2D eigenvalue weighted by Gasteiger charge is 2.33. The topological polar surface area (TPSA) is 65.1 Å². The van der Waals surface area contributed by atoms with Gasteiger partial charge in [-0.25, -0.2) is 9.18 Å². The number of rotatable bonds is 3. The van der Waals surface area contributed by atoms with E-state index in [1.807, 2.05) is 0 Å². The first-order valence-electron chi connectivity index (χ1n) is 6.85.